The van der Waals surface area contributed by atoms with Gasteiger partial charge in [-0.05, 0) is 82.1 Å². The van der Waals surface area contributed by atoms with Crippen molar-refractivity contribution in [1.29, 1.82) is 0 Å². The third-order valence-electron chi connectivity index (χ3n) is 5.86. The fourth-order valence-corrected chi connectivity index (χ4v) is 5.83. The summed E-state index contributed by atoms with van der Waals surface area (Å²) in [4.78, 5) is 25.1. The number of nitrogens with zero attached hydrogens (tertiary/aromatic N) is 1. The van der Waals surface area contributed by atoms with Crippen LogP contribution in [0.2, 0.25) is 0 Å². The normalized spacial score (nSPS) is 11.9. The molecule has 0 heterocycles. The number of esters is 1. The number of carbonyl (C=O) groups is 2. The molecule has 0 saturated heterocycles. The molecule has 0 aromatic heterocycles. The van der Waals surface area contributed by atoms with Crippen LogP contribution in [0, 0.1) is 12.3 Å². The highest BCUT2D eigenvalue weighted by atomic mass is 79.9. The fourth-order valence-electron chi connectivity index (χ4n) is 4.49. The molecule has 3 aromatic carbocycles. The first-order valence-corrected chi connectivity index (χ1v) is 14.2. The van der Waals surface area contributed by atoms with E-state index in [2.05, 4.69) is 77.0 Å². The molecule has 0 atom stereocenters. The molecular weight excluding hydrogens is 624 g/mol. The van der Waals surface area contributed by atoms with Gasteiger partial charge in [-0.15, -0.1) is 0 Å². The Labute approximate surface area is 247 Å². The monoisotopic (exact) mass is 656 g/mol. The summed E-state index contributed by atoms with van der Waals surface area (Å²) in [6, 6.07) is 18.5. The number of hydrogen-bond acceptors (Lipinski definition) is 5. The van der Waals surface area contributed by atoms with E-state index in [1.54, 1.807) is 30.3 Å². The SMILES string of the molecule is Cc1cccc(C(=O)Oc2c(Br)cc(Br)cc2/C=N\NC(=O)COc2ccc(C(C)(C)CC(C)(C)C)cc2)c1. The zero-order valence-corrected chi connectivity index (χ0v) is 26.3. The number of amides is 1. The van der Waals surface area contributed by atoms with Gasteiger partial charge in [-0.1, -0.05) is 80.4 Å². The minimum absolute atomic E-state index is 0.0253. The van der Waals surface area contributed by atoms with Crippen molar-refractivity contribution in [2.45, 2.75) is 53.4 Å². The standard InChI is InChI=1S/C31H34Br2N2O4/c1-20-8-7-9-21(14-20)29(37)39-28-22(15-24(32)16-26(28)33)17-34-35-27(36)18-38-25-12-10-23(11-13-25)31(5,6)19-30(2,3)4/h7-17H,18-19H2,1-6H3,(H,35,36)/b34-17-. The van der Waals surface area contributed by atoms with Crippen LogP contribution < -0.4 is 14.9 Å². The second kappa shape index (κ2) is 12.9. The maximum atomic E-state index is 12.7. The van der Waals surface area contributed by atoms with Crippen LogP contribution in [0.4, 0.5) is 0 Å². The first-order chi connectivity index (χ1) is 18.2. The van der Waals surface area contributed by atoms with E-state index < -0.39 is 11.9 Å². The molecule has 0 bridgehead atoms. The first kappa shape index (κ1) is 30.6. The van der Waals surface area contributed by atoms with E-state index in [-0.39, 0.29) is 23.2 Å². The van der Waals surface area contributed by atoms with Crippen LogP contribution in [0.1, 0.15) is 68.1 Å². The predicted molar refractivity (Wildman–Crippen MR) is 163 cm³/mol. The molecule has 206 valence electrons. The van der Waals surface area contributed by atoms with Crippen LogP contribution in [-0.2, 0) is 10.2 Å². The van der Waals surface area contributed by atoms with Crippen LogP contribution in [0.25, 0.3) is 0 Å². The van der Waals surface area contributed by atoms with Gasteiger partial charge in [-0.2, -0.15) is 5.10 Å². The molecule has 0 radical (unpaired) electrons. The first-order valence-electron chi connectivity index (χ1n) is 12.6. The van der Waals surface area contributed by atoms with Crippen molar-refractivity contribution in [1.82, 2.24) is 5.43 Å². The molecule has 0 saturated carbocycles. The highest BCUT2D eigenvalue weighted by Gasteiger charge is 2.27. The van der Waals surface area contributed by atoms with Crippen LogP contribution in [0.5, 0.6) is 11.5 Å². The van der Waals surface area contributed by atoms with Gasteiger partial charge in [0.1, 0.15) is 5.75 Å². The number of aryl methyl sites for hydroxylation is 1. The lowest BCUT2D eigenvalue weighted by Gasteiger charge is -2.33. The molecule has 3 aromatic rings. The number of nitrogens with one attached hydrogen (secondary N) is 1. The highest BCUT2D eigenvalue weighted by Crippen LogP contribution is 2.37. The molecular formula is C31H34Br2N2O4. The summed E-state index contributed by atoms with van der Waals surface area (Å²) in [5, 5.41) is 4.03. The lowest BCUT2D eigenvalue weighted by Crippen LogP contribution is -2.25. The molecule has 0 aliphatic rings. The van der Waals surface area contributed by atoms with Gasteiger partial charge >= 0.3 is 5.97 Å². The van der Waals surface area contributed by atoms with Gasteiger partial charge in [0.15, 0.2) is 12.4 Å². The Hall–Kier alpha value is -2.97. The lowest BCUT2D eigenvalue weighted by atomic mass is 9.72. The van der Waals surface area contributed by atoms with Gasteiger partial charge < -0.3 is 9.47 Å². The second-order valence-corrected chi connectivity index (χ2v) is 13.1. The highest BCUT2D eigenvalue weighted by molar-refractivity contribution is 9.11. The van der Waals surface area contributed by atoms with Gasteiger partial charge in [0.05, 0.1) is 16.3 Å². The average molecular weight is 658 g/mol. The Kier molecular flexibility index (Phi) is 10.1. The van der Waals surface area contributed by atoms with E-state index >= 15 is 0 Å². The number of hydrogen-bond donors (Lipinski definition) is 1. The zero-order chi connectivity index (χ0) is 28.8. The Morgan fingerprint density at radius 1 is 0.974 bits per heavy atom. The van der Waals surface area contributed by atoms with Gasteiger partial charge in [-0.25, -0.2) is 10.2 Å². The maximum absolute atomic E-state index is 12.7. The quantitative estimate of drug-likeness (QED) is 0.110. The van der Waals surface area contributed by atoms with Crippen LogP contribution in [0.3, 0.4) is 0 Å². The van der Waals surface area contributed by atoms with Crippen molar-refractivity contribution in [3.8, 4) is 11.5 Å². The molecule has 3 rings (SSSR count). The van der Waals surface area contributed by atoms with Gasteiger partial charge in [0.25, 0.3) is 5.91 Å². The number of halogens is 2. The van der Waals surface area contributed by atoms with Crippen molar-refractivity contribution in [2.75, 3.05) is 6.61 Å². The van der Waals surface area contributed by atoms with Crippen molar-refractivity contribution in [2.24, 2.45) is 10.5 Å². The number of hydrazone groups is 1. The molecule has 8 heteroatoms. The molecule has 0 aliphatic carbocycles. The smallest absolute Gasteiger partial charge is 0.343 e. The van der Waals surface area contributed by atoms with Gasteiger partial charge in [-0.3, -0.25) is 4.79 Å². The van der Waals surface area contributed by atoms with Crippen LogP contribution in [-0.4, -0.2) is 24.7 Å². The number of carbonyl (C=O) groups excluding carboxylic acids is 2. The van der Waals surface area contributed by atoms with E-state index in [0.717, 1.165) is 16.5 Å². The van der Waals surface area contributed by atoms with E-state index in [1.165, 1.54) is 11.8 Å². The molecule has 0 spiro atoms. The Morgan fingerprint density at radius 2 is 1.67 bits per heavy atom. The number of benzene rings is 3. The van der Waals surface area contributed by atoms with Crippen molar-refractivity contribution >= 4 is 50.0 Å². The fraction of sp³-hybridized carbons (Fsp3) is 0.323. The largest absolute Gasteiger partial charge is 0.484 e. The van der Waals surface area contributed by atoms with E-state index in [4.69, 9.17) is 9.47 Å². The number of rotatable bonds is 9. The van der Waals surface area contributed by atoms with Gasteiger partial charge in [0, 0.05) is 10.0 Å². The second-order valence-electron chi connectivity index (χ2n) is 11.3. The van der Waals surface area contributed by atoms with Crippen LogP contribution >= 0.6 is 31.9 Å². The number of ether oxygens (including phenoxy) is 2. The van der Waals surface area contributed by atoms with Crippen molar-refractivity contribution in [3.63, 3.8) is 0 Å². The third kappa shape index (κ3) is 9.32. The summed E-state index contributed by atoms with van der Waals surface area (Å²) in [5.74, 6) is -0.0310. The minimum atomic E-state index is -0.498. The molecule has 6 nitrogen and oxygen atoms in total. The third-order valence-corrected chi connectivity index (χ3v) is 6.90. The molecule has 1 amide bonds. The Bertz CT molecular complexity index is 1360. The Balaban J connectivity index is 1.61. The summed E-state index contributed by atoms with van der Waals surface area (Å²) in [6.45, 7) is 12.9. The summed E-state index contributed by atoms with van der Waals surface area (Å²) in [7, 11) is 0. The topological polar surface area (TPSA) is 77.0 Å². The maximum Gasteiger partial charge on any atom is 0.343 e. The van der Waals surface area contributed by atoms with Crippen molar-refractivity contribution < 1.29 is 19.1 Å². The van der Waals surface area contributed by atoms with Crippen LogP contribution in [0.15, 0.2) is 74.7 Å². The zero-order valence-electron chi connectivity index (χ0n) is 23.1. The molecule has 39 heavy (non-hydrogen) atoms. The van der Waals surface area contributed by atoms with Gasteiger partial charge in [0.2, 0.25) is 0 Å². The molecule has 1 N–H and O–H groups in total. The minimum Gasteiger partial charge on any atom is -0.484 e. The average Bonchev–Trinajstić information content (AvgIpc) is 2.83. The predicted octanol–water partition coefficient (Wildman–Crippen LogP) is 7.98. The summed E-state index contributed by atoms with van der Waals surface area (Å²) >= 11 is 6.87. The van der Waals surface area contributed by atoms with E-state index in [0.29, 0.717) is 21.3 Å². The van der Waals surface area contributed by atoms with E-state index in [9.17, 15) is 9.59 Å². The summed E-state index contributed by atoms with van der Waals surface area (Å²) < 4.78 is 12.6. The van der Waals surface area contributed by atoms with Crippen molar-refractivity contribution in [3.05, 3.63) is 91.9 Å². The van der Waals surface area contributed by atoms with E-state index in [1.807, 2.05) is 37.3 Å². The molecule has 0 unspecified atom stereocenters. The molecule has 0 fully saturated rings. The summed E-state index contributed by atoms with van der Waals surface area (Å²) in [5.41, 5.74) is 5.79. The Morgan fingerprint density at radius 3 is 2.31 bits per heavy atom. The lowest BCUT2D eigenvalue weighted by molar-refractivity contribution is -0.123. The molecule has 0 aliphatic heterocycles. The summed E-state index contributed by atoms with van der Waals surface area (Å²) in [6.07, 6.45) is 2.46.